The third kappa shape index (κ3) is 2.69. The van der Waals surface area contributed by atoms with Gasteiger partial charge in [0, 0.05) is 11.1 Å². The smallest absolute Gasteiger partial charge is 0.314 e. The van der Waals surface area contributed by atoms with E-state index in [-0.39, 0.29) is 0 Å². The molecule has 1 aliphatic rings. The second-order valence-corrected chi connectivity index (χ2v) is 5.45. The van der Waals surface area contributed by atoms with E-state index in [1.165, 1.54) is 14.2 Å². The number of rotatable bonds is 5. The van der Waals surface area contributed by atoms with Crippen LogP contribution in [0.1, 0.15) is 43.2 Å². The Labute approximate surface area is 123 Å². The standard InChI is InChI=1S/C16H21FO4/c1-20-13-9-12(14(21-2)8-11(13)10-17)16(15(18)19)6-4-3-5-7-16/h8-9H,3-7,10H2,1-2H3,(H,18,19). The molecule has 0 aliphatic heterocycles. The maximum absolute atomic E-state index is 13.1. The van der Waals surface area contributed by atoms with Crippen molar-refractivity contribution in [3.8, 4) is 11.5 Å². The van der Waals surface area contributed by atoms with Crippen LogP contribution < -0.4 is 9.47 Å². The molecule has 0 radical (unpaired) electrons. The molecule has 1 N–H and O–H groups in total. The molecule has 116 valence electrons. The normalized spacial score (nSPS) is 17.3. The summed E-state index contributed by atoms with van der Waals surface area (Å²) in [5.41, 5.74) is -0.00757. The Hall–Kier alpha value is -1.78. The third-order valence-electron chi connectivity index (χ3n) is 4.38. The number of ether oxygens (including phenoxy) is 2. The van der Waals surface area contributed by atoms with E-state index in [9.17, 15) is 14.3 Å². The van der Waals surface area contributed by atoms with E-state index in [0.717, 1.165) is 19.3 Å². The van der Waals surface area contributed by atoms with Crippen molar-refractivity contribution in [2.45, 2.75) is 44.2 Å². The first-order chi connectivity index (χ1) is 10.1. The zero-order valence-corrected chi connectivity index (χ0v) is 12.4. The van der Waals surface area contributed by atoms with E-state index in [1.54, 1.807) is 12.1 Å². The molecular weight excluding hydrogens is 275 g/mol. The summed E-state index contributed by atoms with van der Waals surface area (Å²) >= 11 is 0. The molecule has 2 rings (SSSR count). The lowest BCUT2D eigenvalue weighted by atomic mass is 9.69. The van der Waals surface area contributed by atoms with Crippen molar-refractivity contribution < 1.29 is 23.8 Å². The Morgan fingerprint density at radius 3 is 2.29 bits per heavy atom. The lowest BCUT2D eigenvalue weighted by Crippen LogP contribution is -2.38. The predicted octanol–water partition coefficient (Wildman–Crippen LogP) is 3.46. The van der Waals surface area contributed by atoms with Gasteiger partial charge in [-0.05, 0) is 25.0 Å². The fraction of sp³-hybridized carbons (Fsp3) is 0.562. The number of alkyl halides is 1. The van der Waals surface area contributed by atoms with Crippen LogP contribution in [0.15, 0.2) is 12.1 Å². The molecule has 1 aromatic rings. The van der Waals surface area contributed by atoms with Gasteiger partial charge in [0.1, 0.15) is 18.2 Å². The number of carboxylic acids is 1. The van der Waals surface area contributed by atoms with Crippen LogP contribution in [0.5, 0.6) is 11.5 Å². The summed E-state index contributed by atoms with van der Waals surface area (Å²) in [5.74, 6) is -0.0530. The average molecular weight is 296 g/mol. The topological polar surface area (TPSA) is 55.8 Å². The van der Waals surface area contributed by atoms with Crippen LogP contribution in [0, 0.1) is 0 Å². The monoisotopic (exact) mass is 296 g/mol. The van der Waals surface area contributed by atoms with Crippen molar-refractivity contribution >= 4 is 5.97 Å². The Kier molecular flexibility index (Phi) is 4.70. The molecular formula is C16H21FO4. The van der Waals surface area contributed by atoms with Crippen LogP contribution in [0.25, 0.3) is 0 Å². The minimum absolute atomic E-state index is 0.370. The highest BCUT2D eigenvalue weighted by Gasteiger charge is 2.43. The summed E-state index contributed by atoms with van der Waals surface area (Å²) in [6.07, 6.45) is 3.90. The number of hydrogen-bond donors (Lipinski definition) is 1. The molecule has 1 aromatic carbocycles. The number of benzene rings is 1. The highest BCUT2D eigenvalue weighted by molar-refractivity contribution is 5.83. The van der Waals surface area contributed by atoms with Crippen LogP contribution in [-0.4, -0.2) is 25.3 Å². The maximum Gasteiger partial charge on any atom is 0.314 e. The molecule has 0 bridgehead atoms. The van der Waals surface area contributed by atoms with E-state index in [4.69, 9.17) is 9.47 Å². The third-order valence-corrected chi connectivity index (χ3v) is 4.38. The molecule has 0 unspecified atom stereocenters. The van der Waals surface area contributed by atoms with Gasteiger partial charge in [0.15, 0.2) is 0 Å². The molecule has 0 spiro atoms. The fourth-order valence-electron chi connectivity index (χ4n) is 3.19. The summed E-state index contributed by atoms with van der Waals surface area (Å²) in [6, 6.07) is 3.18. The first kappa shape index (κ1) is 15.6. The van der Waals surface area contributed by atoms with E-state index in [0.29, 0.717) is 35.5 Å². The molecule has 4 nitrogen and oxygen atoms in total. The summed E-state index contributed by atoms with van der Waals surface area (Å²) in [5, 5.41) is 9.78. The molecule has 0 heterocycles. The Bertz CT molecular complexity index is 521. The van der Waals surface area contributed by atoms with Gasteiger partial charge in [-0.2, -0.15) is 0 Å². The van der Waals surface area contributed by atoms with Gasteiger partial charge in [0.2, 0.25) is 0 Å². The number of carboxylic acid groups (broad SMARTS) is 1. The second kappa shape index (κ2) is 6.33. The van der Waals surface area contributed by atoms with Gasteiger partial charge in [0.05, 0.1) is 19.6 Å². The molecule has 1 fully saturated rings. The summed E-state index contributed by atoms with van der Waals surface area (Å²) in [6.45, 7) is -0.681. The average Bonchev–Trinajstić information content (AvgIpc) is 2.53. The van der Waals surface area contributed by atoms with Crippen molar-refractivity contribution in [1.82, 2.24) is 0 Å². The van der Waals surface area contributed by atoms with Gasteiger partial charge in [-0.25, -0.2) is 4.39 Å². The maximum atomic E-state index is 13.1. The van der Waals surface area contributed by atoms with E-state index < -0.39 is 18.1 Å². The largest absolute Gasteiger partial charge is 0.496 e. The van der Waals surface area contributed by atoms with Gasteiger partial charge in [-0.1, -0.05) is 19.3 Å². The van der Waals surface area contributed by atoms with Gasteiger partial charge < -0.3 is 14.6 Å². The van der Waals surface area contributed by atoms with Crippen molar-refractivity contribution in [3.05, 3.63) is 23.3 Å². The lowest BCUT2D eigenvalue weighted by molar-refractivity contribution is -0.145. The van der Waals surface area contributed by atoms with Crippen LogP contribution in [0.2, 0.25) is 0 Å². The van der Waals surface area contributed by atoms with Crippen molar-refractivity contribution in [1.29, 1.82) is 0 Å². The van der Waals surface area contributed by atoms with Crippen molar-refractivity contribution in [2.75, 3.05) is 14.2 Å². The first-order valence-corrected chi connectivity index (χ1v) is 7.14. The molecule has 21 heavy (non-hydrogen) atoms. The molecule has 5 heteroatoms. The number of hydrogen-bond acceptors (Lipinski definition) is 3. The quantitative estimate of drug-likeness (QED) is 0.904. The molecule has 1 saturated carbocycles. The predicted molar refractivity (Wildman–Crippen MR) is 76.8 cm³/mol. The SMILES string of the molecule is COc1cc(C2(C(=O)O)CCCCC2)c(OC)cc1CF. The van der Waals surface area contributed by atoms with Crippen LogP contribution in [0.4, 0.5) is 4.39 Å². The molecule has 0 saturated heterocycles. The summed E-state index contributed by atoms with van der Waals surface area (Å²) in [4.78, 5) is 11.9. The Morgan fingerprint density at radius 1 is 1.19 bits per heavy atom. The summed E-state index contributed by atoms with van der Waals surface area (Å²) < 4.78 is 23.6. The van der Waals surface area contributed by atoms with Gasteiger partial charge in [-0.3, -0.25) is 4.79 Å². The number of halogens is 1. The molecule has 0 atom stereocenters. The van der Waals surface area contributed by atoms with Crippen molar-refractivity contribution in [2.24, 2.45) is 0 Å². The van der Waals surface area contributed by atoms with E-state index >= 15 is 0 Å². The lowest BCUT2D eigenvalue weighted by Gasteiger charge is -2.35. The van der Waals surface area contributed by atoms with Crippen LogP contribution >= 0.6 is 0 Å². The van der Waals surface area contributed by atoms with Crippen molar-refractivity contribution in [3.63, 3.8) is 0 Å². The molecule has 0 aromatic heterocycles. The number of aliphatic carboxylic acids is 1. The van der Waals surface area contributed by atoms with Crippen LogP contribution in [-0.2, 0) is 16.9 Å². The van der Waals surface area contributed by atoms with Gasteiger partial charge >= 0.3 is 5.97 Å². The zero-order chi connectivity index (χ0) is 15.5. The highest BCUT2D eigenvalue weighted by Crippen LogP contribution is 2.45. The van der Waals surface area contributed by atoms with Crippen LogP contribution in [0.3, 0.4) is 0 Å². The van der Waals surface area contributed by atoms with E-state index in [1.807, 2.05) is 0 Å². The molecule has 1 aliphatic carbocycles. The zero-order valence-electron chi connectivity index (χ0n) is 12.4. The number of methoxy groups -OCH3 is 2. The first-order valence-electron chi connectivity index (χ1n) is 7.14. The minimum atomic E-state index is -0.967. The second-order valence-electron chi connectivity index (χ2n) is 5.45. The Morgan fingerprint density at radius 2 is 1.81 bits per heavy atom. The van der Waals surface area contributed by atoms with Gasteiger partial charge in [0.25, 0.3) is 0 Å². The number of carbonyl (C=O) groups is 1. The molecule has 0 amide bonds. The Balaban J connectivity index is 2.61. The fourth-order valence-corrected chi connectivity index (χ4v) is 3.19. The highest BCUT2D eigenvalue weighted by atomic mass is 19.1. The van der Waals surface area contributed by atoms with E-state index in [2.05, 4.69) is 0 Å². The summed E-state index contributed by atoms with van der Waals surface area (Å²) in [7, 11) is 2.94. The van der Waals surface area contributed by atoms with Gasteiger partial charge in [-0.15, -0.1) is 0 Å². The minimum Gasteiger partial charge on any atom is -0.496 e.